The Labute approximate surface area is 117 Å². The fourth-order valence-electron chi connectivity index (χ4n) is 2.00. The predicted octanol–water partition coefficient (Wildman–Crippen LogP) is 0.843. The zero-order valence-corrected chi connectivity index (χ0v) is 12.5. The summed E-state index contributed by atoms with van der Waals surface area (Å²) in [6.07, 6.45) is 3.12. The SMILES string of the molecule is CCn1cc(S(=O)(=O)Nc2cn(C)nc2C)cc1CO. The molecular formula is C12H18N4O3S. The van der Waals surface area contributed by atoms with Gasteiger partial charge in [0.05, 0.1) is 18.0 Å². The second kappa shape index (κ2) is 5.29. The smallest absolute Gasteiger partial charge is 0.263 e. The Morgan fingerprint density at radius 2 is 2.10 bits per heavy atom. The molecule has 8 heteroatoms. The Morgan fingerprint density at radius 3 is 2.55 bits per heavy atom. The molecule has 0 aliphatic carbocycles. The average molecular weight is 298 g/mol. The Balaban J connectivity index is 2.35. The molecule has 0 bridgehead atoms. The molecule has 2 N–H and O–H groups in total. The molecule has 2 rings (SSSR count). The highest BCUT2D eigenvalue weighted by atomic mass is 32.2. The fraction of sp³-hybridized carbons (Fsp3) is 0.417. The van der Waals surface area contributed by atoms with Crippen molar-refractivity contribution >= 4 is 15.7 Å². The molecule has 0 fully saturated rings. The van der Waals surface area contributed by atoms with E-state index in [4.69, 9.17) is 0 Å². The van der Waals surface area contributed by atoms with E-state index in [1.807, 2.05) is 6.92 Å². The van der Waals surface area contributed by atoms with E-state index in [0.29, 0.717) is 23.6 Å². The van der Waals surface area contributed by atoms with Gasteiger partial charge in [-0.1, -0.05) is 0 Å². The molecule has 0 saturated heterocycles. The third-order valence-corrected chi connectivity index (χ3v) is 4.36. The third-order valence-electron chi connectivity index (χ3n) is 3.03. The first-order valence-electron chi connectivity index (χ1n) is 6.20. The largest absolute Gasteiger partial charge is 0.390 e. The molecule has 0 aromatic carbocycles. The van der Waals surface area contributed by atoms with Gasteiger partial charge in [-0.05, 0) is 19.9 Å². The van der Waals surface area contributed by atoms with Gasteiger partial charge in [0.1, 0.15) is 4.90 Å². The quantitative estimate of drug-likeness (QED) is 0.856. The first-order valence-corrected chi connectivity index (χ1v) is 7.68. The van der Waals surface area contributed by atoms with Crippen molar-refractivity contribution in [2.45, 2.75) is 31.9 Å². The van der Waals surface area contributed by atoms with Gasteiger partial charge in [-0.2, -0.15) is 5.10 Å². The molecule has 0 spiro atoms. The number of sulfonamides is 1. The Bertz CT molecular complexity index is 694. The Hall–Kier alpha value is -1.80. The summed E-state index contributed by atoms with van der Waals surface area (Å²) in [6, 6.07) is 1.47. The van der Waals surface area contributed by atoms with Crippen LogP contribution in [-0.4, -0.2) is 27.9 Å². The lowest BCUT2D eigenvalue weighted by atomic mass is 10.4. The lowest BCUT2D eigenvalue weighted by Crippen LogP contribution is -2.12. The number of aliphatic hydroxyl groups is 1. The zero-order chi connectivity index (χ0) is 14.9. The summed E-state index contributed by atoms with van der Waals surface area (Å²) in [7, 11) is -1.96. The number of nitrogens with zero attached hydrogens (tertiary/aromatic N) is 3. The van der Waals surface area contributed by atoms with Gasteiger partial charge in [-0.3, -0.25) is 9.40 Å². The van der Waals surface area contributed by atoms with Gasteiger partial charge in [-0.15, -0.1) is 0 Å². The first-order chi connectivity index (χ1) is 9.37. The van der Waals surface area contributed by atoms with Crippen molar-refractivity contribution < 1.29 is 13.5 Å². The second-order valence-corrected chi connectivity index (χ2v) is 6.20. The summed E-state index contributed by atoms with van der Waals surface area (Å²) in [5.41, 5.74) is 1.62. The third kappa shape index (κ3) is 2.70. The predicted molar refractivity (Wildman–Crippen MR) is 74.8 cm³/mol. The summed E-state index contributed by atoms with van der Waals surface area (Å²) in [6.45, 7) is 4.01. The maximum Gasteiger partial charge on any atom is 0.263 e. The average Bonchev–Trinajstić information content (AvgIpc) is 2.93. The van der Waals surface area contributed by atoms with Crippen molar-refractivity contribution in [2.24, 2.45) is 7.05 Å². The number of hydrogen-bond acceptors (Lipinski definition) is 4. The van der Waals surface area contributed by atoms with Crippen molar-refractivity contribution in [3.05, 3.63) is 29.8 Å². The summed E-state index contributed by atoms with van der Waals surface area (Å²) >= 11 is 0. The van der Waals surface area contributed by atoms with Crippen LogP contribution in [0.1, 0.15) is 18.3 Å². The van der Waals surface area contributed by atoms with Gasteiger partial charge < -0.3 is 9.67 Å². The lowest BCUT2D eigenvalue weighted by Gasteiger charge is -2.04. The Kier molecular flexibility index (Phi) is 3.87. The standard InChI is InChI=1S/C12H18N4O3S/c1-4-16-6-11(5-10(16)8-17)20(18,19)14-12-7-15(3)13-9(12)2/h5-7,14,17H,4,8H2,1-3H3. The molecule has 0 saturated carbocycles. The molecule has 0 radical (unpaired) electrons. The first kappa shape index (κ1) is 14.6. The molecule has 0 atom stereocenters. The molecule has 2 aromatic heterocycles. The second-order valence-electron chi connectivity index (χ2n) is 4.52. The fourth-order valence-corrected chi connectivity index (χ4v) is 3.17. The number of aryl methyl sites for hydroxylation is 3. The molecule has 20 heavy (non-hydrogen) atoms. The molecule has 0 aliphatic heterocycles. The minimum absolute atomic E-state index is 0.131. The van der Waals surface area contributed by atoms with Crippen LogP contribution in [0.3, 0.4) is 0 Å². The zero-order valence-electron chi connectivity index (χ0n) is 11.7. The van der Waals surface area contributed by atoms with Gasteiger partial charge in [-0.25, -0.2) is 8.42 Å². The highest BCUT2D eigenvalue weighted by Gasteiger charge is 2.19. The van der Waals surface area contributed by atoms with Crippen molar-refractivity contribution in [3.63, 3.8) is 0 Å². The highest BCUT2D eigenvalue weighted by Crippen LogP contribution is 2.20. The summed E-state index contributed by atoms with van der Waals surface area (Å²) in [5, 5.41) is 13.3. The van der Waals surface area contributed by atoms with E-state index in [1.165, 1.54) is 12.3 Å². The summed E-state index contributed by atoms with van der Waals surface area (Å²) in [4.78, 5) is 0.131. The normalized spacial score (nSPS) is 11.8. The van der Waals surface area contributed by atoms with E-state index in [1.54, 1.807) is 29.4 Å². The maximum atomic E-state index is 12.3. The van der Waals surface area contributed by atoms with Crippen LogP contribution in [0.4, 0.5) is 5.69 Å². The molecular weight excluding hydrogens is 280 g/mol. The Morgan fingerprint density at radius 1 is 1.40 bits per heavy atom. The molecule has 0 unspecified atom stereocenters. The summed E-state index contributed by atoms with van der Waals surface area (Å²) < 4.78 is 30.4. The van der Waals surface area contributed by atoms with Crippen molar-refractivity contribution in [1.29, 1.82) is 0 Å². The molecule has 110 valence electrons. The van der Waals surface area contributed by atoms with Crippen LogP contribution in [0.5, 0.6) is 0 Å². The van der Waals surface area contributed by atoms with Gasteiger partial charge in [0.2, 0.25) is 0 Å². The van der Waals surface area contributed by atoms with E-state index in [9.17, 15) is 13.5 Å². The van der Waals surface area contributed by atoms with E-state index in [-0.39, 0.29) is 11.5 Å². The van der Waals surface area contributed by atoms with E-state index in [0.717, 1.165) is 0 Å². The van der Waals surface area contributed by atoms with Crippen LogP contribution in [0.2, 0.25) is 0 Å². The van der Waals surface area contributed by atoms with Gasteiger partial charge in [0.25, 0.3) is 10.0 Å². The minimum atomic E-state index is -3.68. The number of aliphatic hydroxyl groups excluding tert-OH is 1. The van der Waals surface area contributed by atoms with Crippen LogP contribution >= 0.6 is 0 Å². The number of aromatic nitrogens is 3. The maximum absolute atomic E-state index is 12.3. The van der Waals surface area contributed by atoms with Crippen LogP contribution in [0.15, 0.2) is 23.4 Å². The van der Waals surface area contributed by atoms with Crippen LogP contribution in [0, 0.1) is 6.92 Å². The van der Waals surface area contributed by atoms with Gasteiger partial charge in [0, 0.05) is 31.7 Å². The molecule has 0 aliphatic rings. The van der Waals surface area contributed by atoms with E-state index in [2.05, 4.69) is 9.82 Å². The molecule has 0 amide bonds. The number of anilines is 1. The van der Waals surface area contributed by atoms with E-state index >= 15 is 0 Å². The summed E-state index contributed by atoms with van der Waals surface area (Å²) in [5.74, 6) is 0. The lowest BCUT2D eigenvalue weighted by molar-refractivity contribution is 0.271. The molecule has 7 nitrogen and oxygen atoms in total. The molecule has 2 aromatic rings. The van der Waals surface area contributed by atoms with Crippen LogP contribution < -0.4 is 4.72 Å². The van der Waals surface area contributed by atoms with Gasteiger partial charge in [0.15, 0.2) is 0 Å². The van der Waals surface area contributed by atoms with E-state index < -0.39 is 10.0 Å². The van der Waals surface area contributed by atoms with Crippen molar-refractivity contribution in [2.75, 3.05) is 4.72 Å². The number of hydrogen-bond donors (Lipinski definition) is 2. The number of nitrogens with one attached hydrogen (secondary N) is 1. The van der Waals surface area contributed by atoms with Gasteiger partial charge >= 0.3 is 0 Å². The number of rotatable bonds is 5. The molecule has 2 heterocycles. The van der Waals surface area contributed by atoms with Crippen LogP contribution in [0.25, 0.3) is 0 Å². The minimum Gasteiger partial charge on any atom is -0.390 e. The van der Waals surface area contributed by atoms with Crippen molar-refractivity contribution in [1.82, 2.24) is 14.3 Å². The topological polar surface area (TPSA) is 89.2 Å². The van der Waals surface area contributed by atoms with Crippen LogP contribution in [-0.2, 0) is 30.2 Å². The monoisotopic (exact) mass is 298 g/mol. The van der Waals surface area contributed by atoms with Crippen molar-refractivity contribution in [3.8, 4) is 0 Å². The highest BCUT2D eigenvalue weighted by molar-refractivity contribution is 7.92.